The number of hydrogen-bond acceptors (Lipinski definition) is 6. The van der Waals surface area contributed by atoms with Gasteiger partial charge < -0.3 is 0 Å². The van der Waals surface area contributed by atoms with Crippen LogP contribution >= 0.6 is 11.8 Å². The monoisotopic (exact) mass is 256 g/mol. The van der Waals surface area contributed by atoms with E-state index in [1.165, 1.54) is 11.8 Å². The first-order chi connectivity index (χ1) is 8.13. The van der Waals surface area contributed by atoms with E-state index in [0.717, 1.165) is 18.0 Å². The topological polar surface area (TPSA) is 98.7 Å². The van der Waals surface area contributed by atoms with Gasteiger partial charge in [0, 0.05) is 11.2 Å². The Labute approximate surface area is 103 Å². The number of nitrogens with zero attached hydrogens (tertiary/aromatic N) is 4. The zero-order valence-electron chi connectivity index (χ0n) is 9.83. The molecule has 1 amide bonds. The van der Waals surface area contributed by atoms with Gasteiger partial charge in [0.05, 0.1) is 6.04 Å². The molecule has 2 atom stereocenters. The van der Waals surface area contributed by atoms with Crippen LogP contribution in [0.4, 0.5) is 0 Å². The van der Waals surface area contributed by atoms with Gasteiger partial charge in [0.2, 0.25) is 11.1 Å². The second kappa shape index (κ2) is 5.01. The number of rotatable bonds is 5. The molecule has 0 radical (unpaired) electrons. The molecule has 7 nitrogen and oxygen atoms in total. The number of nitrogens with one attached hydrogen (secondary N) is 1. The Balaban J connectivity index is 1.99. The molecule has 0 aliphatic heterocycles. The molecule has 0 bridgehead atoms. The average Bonchev–Trinajstić information content (AvgIpc) is 3.08. The van der Waals surface area contributed by atoms with Crippen molar-refractivity contribution in [2.24, 2.45) is 11.8 Å². The molecule has 94 valence electrons. The number of nitrogens with two attached hydrogens (primary N) is 1. The minimum atomic E-state index is -0.186. The third kappa shape index (κ3) is 2.75. The van der Waals surface area contributed by atoms with Crippen LogP contribution in [0.5, 0.6) is 0 Å². The molecular formula is C9H16N6OS. The average molecular weight is 256 g/mol. The number of hydrazine groups is 1. The Kier molecular flexibility index (Phi) is 3.63. The highest BCUT2D eigenvalue weighted by molar-refractivity contribution is 7.99. The highest BCUT2D eigenvalue weighted by Crippen LogP contribution is 2.37. The SMILES string of the molecule is CC(Sc1nnnn1C1CC1)C(C)C(=O)NN. The summed E-state index contributed by atoms with van der Waals surface area (Å²) in [5.41, 5.74) is 2.16. The van der Waals surface area contributed by atoms with Gasteiger partial charge in [0.1, 0.15) is 0 Å². The largest absolute Gasteiger partial charge is 0.294 e. The van der Waals surface area contributed by atoms with Crippen LogP contribution in [0.2, 0.25) is 0 Å². The third-order valence-electron chi connectivity index (χ3n) is 2.91. The van der Waals surface area contributed by atoms with Gasteiger partial charge in [-0.2, -0.15) is 0 Å². The van der Waals surface area contributed by atoms with Gasteiger partial charge in [-0.1, -0.05) is 25.6 Å². The van der Waals surface area contributed by atoms with Crippen molar-refractivity contribution in [2.45, 2.75) is 43.1 Å². The molecule has 1 aliphatic rings. The predicted octanol–water partition coefficient (Wildman–Crippen LogP) is 0.115. The summed E-state index contributed by atoms with van der Waals surface area (Å²) in [5.74, 6) is 4.76. The maximum absolute atomic E-state index is 11.4. The predicted molar refractivity (Wildman–Crippen MR) is 62.9 cm³/mol. The molecule has 1 aromatic rings. The molecule has 0 saturated heterocycles. The van der Waals surface area contributed by atoms with Crippen LogP contribution in [0.1, 0.15) is 32.7 Å². The van der Waals surface area contributed by atoms with E-state index in [2.05, 4.69) is 21.0 Å². The number of tetrazole rings is 1. The summed E-state index contributed by atoms with van der Waals surface area (Å²) in [6, 6.07) is 0.443. The summed E-state index contributed by atoms with van der Waals surface area (Å²) >= 11 is 1.51. The Morgan fingerprint density at radius 3 is 2.88 bits per heavy atom. The van der Waals surface area contributed by atoms with Crippen molar-refractivity contribution >= 4 is 17.7 Å². The van der Waals surface area contributed by atoms with Crippen LogP contribution in [0.3, 0.4) is 0 Å². The lowest BCUT2D eigenvalue weighted by Crippen LogP contribution is -2.38. The maximum atomic E-state index is 11.4. The zero-order chi connectivity index (χ0) is 12.4. The zero-order valence-corrected chi connectivity index (χ0v) is 10.6. The molecule has 0 spiro atoms. The standard InChI is InChI=1S/C9H16N6OS/c1-5(8(16)11-10)6(2)17-9-12-13-14-15(9)7-3-4-7/h5-7H,3-4,10H2,1-2H3,(H,11,16). The normalized spacial score (nSPS) is 18.8. The molecule has 1 saturated carbocycles. The summed E-state index contributed by atoms with van der Waals surface area (Å²) in [6.45, 7) is 3.81. The number of amides is 1. The van der Waals surface area contributed by atoms with E-state index in [1.807, 2.05) is 18.5 Å². The Hall–Kier alpha value is -1.15. The second-order valence-electron chi connectivity index (χ2n) is 4.26. The Bertz CT molecular complexity index is 404. The Morgan fingerprint density at radius 1 is 1.59 bits per heavy atom. The fourth-order valence-electron chi connectivity index (χ4n) is 1.42. The number of carbonyl (C=O) groups excluding carboxylic acids is 1. The molecule has 17 heavy (non-hydrogen) atoms. The minimum Gasteiger partial charge on any atom is -0.294 e. The summed E-state index contributed by atoms with van der Waals surface area (Å²) in [5, 5.41) is 12.5. The molecule has 0 aromatic carbocycles. The van der Waals surface area contributed by atoms with Crippen molar-refractivity contribution in [1.29, 1.82) is 0 Å². The van der Waals surface area contributed by atoms with Crippen molar-refractivity contribution in [3.8, 4) is 0 Å². The van der Waals surface area contributed by atoms with Gasteiger partial charge in [-0.3, -0.25) is 10.2 Å². The summed E-state index contributed by atoms with van der Waals surface area (Å²) in [6.07, 6.45) is 2.26. The van der Waals surface area contributed by atoms with E-state index >= 15 is 0 Å². The van der Waals surface area contributed by atoms with Gasteiger partial charge in [-0.25, -0.2) is 10.5 Å². The molecule has 1 aromatic heterocycles. The quantitative estimate of drug-likeness (QED) is 0.336. The summed E-state index contributed by atoms with van der Waals surface area (Å²) in [7, 11) is 0. The summed E-state index contributed by atoms with van der Waals surface area (Å²) < 4.78 is 1.84. The van der Waals surface area contributed by atoms with Crippen LogP contribution in [-0.4, -0.2) is 31.4 Å². The van der Waals surface area contributed by atoms with Crippen LogP contribution < -0.4 is 11.3 Å². The molecule has 2 unspecified atom stereocenters. The lowest BCUT2D eigenvalue weighted by atomic mass is 10.1. The van der Waals surface area contributed by atoms with Gasteiger partial charge in [-0.05, 0) is 23.3 Å². The highest BCUT2D eigenvalue weighted by Gasteiger charge is 2.30. The minimum absolute atomic E-state index is 0.0713. The van der Waals surface area contributed by atoms with Crippen molar-refractivity contribution < 1.29 is 4.79 Å². The lowest BCUT2D eigenvalue weighted by molar-refractivity contribution is -0.124. The number of hydrogen-bond donors (Lipinski definition) is 2. The van der Waals surface area contributed by atoms with Crippen LogP contribution in [0.25, 0.3) is 0 Å². The van der Waals surface area contributed by atoms with E-state index in [4.69, 9.17) is 5.84 Å². The van der Waals surface area contributed by atoms with Crippen molar-refractivity contribution in [1.82, 2.24) is 25.6 Å². The van der Waals surface area contributed by atoms with Crippen molar-refractivity contribution in [3.63, 3.8) is 0 Å². The van der Waals surface area contributed by atoms with E-state index in [0.29, 0.717) is 6.04 Å². The molecule has 1 fully saturated rings. The van der Waals surface area contributed by atoms with Gasteiger partial charge >= 0.3 is 0 Å². The van der Waals surface area contributed by atoms with E-state index in [-0.39, 0.29) is 17.1 Å². The first-order valence-electron chi connectivity index (χ1n) is 5.58. The molecule has 1 aliphatic carbocycles. The first-order valence-corrected chi connectivity index (χ1v) is 6.46. The second-order valence-corrected chi connectivity index (χ2v) is 5.60. The smallest absolute Gasteiger partial charge is 0.237 e. The molecule has 3 N–H and O–H groups in total. The van der Waals surface area contributed by atoms with Crippen LogP contribution in [0.15, 0.2) is 5.16 Å². The van der Waals surface area contributed by atoms with E-state index in [9.17, 15) is 4.79 Å². The van der Waals surface area contributed by atoms with Crippen molar-refractivity contribution in [2.75, 3.05) is 0 Å². The van der Waals surface area contributed by atoms with Crippen LogP contribution in [0, 0.1) is 5.92 Å². The number of thioether (sulfide) groups is 1. The van der Waals surface area contributed by atoms with Crippen LogP contribution in [-0.2, 0) is 4.79 Å². The Morgan fingerprint density at radius 2 is 2.29 bits per heavy atom. The summed E-state index contributed by atoms with van der Waals surface area (Å²) in [4.78, 5) is 11.4. The molecular weight excluding hydrogens is 240 g/mol. The molecule has 1 heterocycles. The van der Waals surface area contributed by atoms with Gasteiger partial charge in [-0.15, -0.1) is 5.10 Å². The third-order valence-corrected chi connectivity index (χ3v) is 4.17. The maximum Gasteiger partial charge on any atom is 0.237 e. The number of aromatic nitrogens is 4. The molecule has 8 heteroatoms. The van der Waals surface area contributed by atoms with E-state index in [1.54, 1.807) is 0 Å². The van der Waals surface area contributed by atoms with Gasteiger partial charge in [0.25, 0.3) is 0 Å². The highest BCUT2D eigenvalue weighted by atomic mass is 32.2. The van der Waals surface area contributed by atoms with E-state index < -0.39 is 0 Å². The fourth-order valence-corrected chi connectivity index (χ4v) is 2.46. The fraction of sp³-hybridized carbons (Fsp3) is 0.778. The first kappa shape index (κ1) is 12.3. The van der Waals surface area contributed by atoms with Gasteiger partial charge in [0.15, 0.2) is 0 Å². The number of carbonyl (C=O) groups is 1. The molecule has 2 rings (SSSR count). The lowest BCUT2D eigenvalue weighted by Gasteiger charge is -2.16. The van der Waals surface area contributed by atoms with Crippen molar-refractivity contribution in [3.05, 3.63) is 0 Å².